The predicted octanol–water partition coefficient (Wildman–Crippen LogP) is 7.50. The number of fused-ring (bicyclic) bond motifs is 1. The third-order valence-electron chi connectivity index (χ3n) is 5.64. The number of hydrogen-bond donors (Lipinski definition) is 0. The van der Waals surface area contributed by atoms with Crippen LogP contribution in [0.25, 0.3) is 10.9 Å². The van der Waals surface area contributed by atoms with Crippen molar-refractivity contribution in [3.8, 4) is 0 Å². The number of nitrogens with zero attached hydrogens (tertiary/aromatic N) is 1. The Hall–Kier alpha value is -2.09. The smallest absolute Gasteiger partial charge is 0.189 e. The van der Waals surface area contributed by atoms with Crippen molar-refractivity contribution in [2.75, 3.05) is 0 Å². The quantitative estimate of drug-likeness (QED) is 0.240. The monoisotopic (exact) mass is 393 g/mol. The first-order valence-electron chi connectivity index (χ1n) is 11.6. The van der Waals surface area contributed by atoms with E-state index in [9.17, 15) is 4.79 Å². The molecule has 0 N–H and O–H groups in total. The standard InChI is InChI=1S/C27H39NO/c1-3-4-5-6-7-8-9-10-11-12-13-14-15-16-17-20-24-23-27(29)25-21-18-19-22-26(25)28(24)2/h7-8,10-11,18-19,21-23H,3-6,9,12-17,20H2,1-2H3/b8-7+,11-10+. The molecule has 0 aliphatic carbocycles. The molecule has 0 radical (unpaired) electrons. The second kappa shape index (κ2) is 14.0. The highest BCUT2D eigenvalue weighted by Crippen LogP contribution is 2.14. The summed E-state index contributed by atoms with van der Waals surface area (Å²) in [5, 5.41) is 0.818. The maximum absolute atomic E-state index is 12.3. The molecular formula is C27H39NO. The van der Waals surface area contributed by atoms with Gasteiger partial charge in [-0.1, -0.05) is 75.5 Å². The average Bonchev–Trinajstić information content (AvgIpc) is 2.74. The van der Waals surface area contributed by atoms with Gasteiger partial charge in [0.15, 0.2) is 5.43 Å². The van der Waals surface area contributed by atoms with Gasteiger partial charge in [-0.15, -0.1) is 0 Å². The van der Waals surface area contributed by atoms with Crippen molar-refractivity contribution in [2.24, 2.45) is 7.05 Å². The third kappa shape index (κ3) is 8.43. The molecule has 0 unspecified atom stereocenters. The predicted molar refractivity (Wildman–Crippen MR) is 128 cm³/mol. The Morgan fingerprint density at radius 1 is 0.828 bits per heavy atom. The Morgan fingerprint density at radius 2 is 1.48 bits per heavy atom. The summed E-state index contributed by atoms with van der Waals surface area (Å²) in [6.07, 6.45) is 24.0. The minimum absolute atomic E-state index is 0.149. The number of unbranched alkanes of at least 4 members (excludes halogenated alkanes) is 8. The van der Waals surface area contributed by atoms with Gasteiger partial charge in [0.25, 0.3) is 0 Å². The summed E-state index contributed by atoms with van der Waals surface area (Å²) in [5.41, 5.74) is 2.34. The van der Waals surface area contributed by atoms with Crippen LogP contribution in [0.4, 0.5) is 0 Å². The van der Waals surface area contributed by atoms with Crippen LogP contribution in [-0.4, -0.2) is 4.57 Å². The number of rotatable bonds is 14. The molecule has 0 fully saturated rings. The Morgan fingerprint density at radius 3 is 2.24 bits per heavy atom. The zero-order chi connectivity index (χ0) is 20.7. The van der Waals surface area contributed by atoms with E-state index < -0.39 is 0 Å². The molecule has 0 spiro atoms. The van der Waals surface area contributed by atoms with Gasteiger partial charge >= 0.3 is 0 Å². The van der Waals surface area contributed by atoms with Crippen molar-refractivity contribution < 1.29 is 0 Å². The first-order chi connectivity index (χ1) is 14.2. The summed E-state index contributed by atoms with van der Waals surface area (Å²) in [4.78, 5) is 12.3. The van der Waals surface area contributed by atoms with Crippen molar-refractivity contribution in [1.29, 1.82) is 0 Å². The molecule has 0 bridgehead atoms. The van der Waals surface area contributed by atoms with Crippen LogP contribution in [0.2, 0.25) is 0 Å². The molecule has 1 heterocycles. The Balaban J connectivity index is 1.56. The van der Waals surface area contributed by atoms with Crippen molar-refractivity contribution >= 4 is 10.9 Å². The number of aryl methyl sites for hydroxylation is 2. The molecule has 158 valence electrons. The zero-order valence-corrected chi connectivity index (χ0v) is 18.5. The van der Waals surface area contributed by atoms with Crippen LogP contribution in [0.1, 0.15) is 83.2 Å². The van der Waals surface area contributed by atoms with Crippen LogP contribution in [0.5, 0.6) is 0 Å². The molecule has 0 amide bonds. The molecule has 29 heavy (non-hydrogen) atoms. The van der Waals surface area contributed by atoms with Crippen LogP contribution in [0, 0.1) is 0 Å². The van der Waals surface area contributed by atoms with E-state index in [2.05, 4.69) is 42.8 Å². The van der Waals surface area contributed by atoms with Gasteiger partial charge in [0.05, 0.1) is 5.52 Å². The lowest BCUT2D eigenvalue weighted by Gasteiger charge is -2.12. The lowest BCUT2D eigenvalue weighted by molar-refractivity contribution is 0.608. The van der Waals surface area contributed by atoms with E-state index in [0.717, 1.165) is 35.9 Å². The van der Waals surface area contributed by atoms with Gasteiger partial charge in [-0.05, 0) is 57.1 Å². The van der Waals surface area contributed by atoms with Crippen molar-refractivity contribution in [3.63, 3.8) is 0 Å². The molecule has 1 aromatic heterocycles. The average molecular weight is 394 g/mol. The summed E-state index contributed by atoms with van der Waals surface area (Å²) < 4.78 is 2.18. The van der Waals surface area contributed by atoms with Gasteiger partial charge in [0.1, 0.15) is 0 Å². The molecule has 2 aromatic rings. The molecule has 0 atom stereocenters. The van der Waals surface area contributed by atoms with Crippen LogP contribution in [0.15, 0.2) is 59.4 Å². The maximum atomic E-state index is 12.3. The molecule has 2 nitrogen and oxygen atoms in total. The van der Waals surface area contributed by atoms with E-state index in [-0.39, 0.29) is 5.43 Å². The van der Waals surface area contributed by atoms with Crippen LogP contribution < -0.4 is 5.43 Å². The van der Waals surface area contributed by atoms with Gasteiger partial charge in [-0.25, -0.2) is 0 Å². The van der Waals surface area contributed by atoms with Crippen molar-refractivity contribution in [2.45, 2.75) is 84.0 Å². The minimum Gasteiger partial charge on any atom is -0.347 e. The van der Waals surface area contributed by atoms with E-state index in [1.165, 1.54) is 57.8 Å². The number of allylic oxidation sites excluding steroid dienone is 4. The summed E-state index contributed by atoms with van der Waals surface area (Å²) in [5.74, 6) is 0. The zero-order valence-electron chi connectivity index (χ0n) is 18.5. The summed E-state index contributed by atoms with van der Waals surface area (Å²) in [7, 11) is 2.07. The summed E-state index contributed by atoms with van der Waals surface area (Å²) >= 11 is 0. The molecule has 1 aromatic carbocycles. The first-order valence-corrected chi connectivity index (χ1v) is 11.6. The van der Waals surface area contributed by atoms with Gasteiger partial charge in [-0.2, -0.15) is 0 Å². The SMILES string of the molecule is CCCCC/C=C/C/C=C/CCCCCCCc1cc(=O)c2ccccc2n1C. The lowest BCUT2D eigenvalue weighted by Crippen LogP contribution is -2.11. The van der Waals surface area contributed by atoms with Crippen molar-refractivity contribution in [1.82, 2.24) is 4.57 Å². The minimum atomic E-state index is 0.149. The number of pyridine rings is 1. The number of aromatic nitrogens is 1. The topological polar surface area (TPSA) is 22.0 Å². The Kier molecular flexibility index (Phi) is 11.2. The maximum Gasteiger partial charge on any atom is 0.189 e. The molecule has 0 saturated carbocycles. The molecule has 0 saturated heterocycles. The largest absolute Gasteiger partial charge is 0.347 e. The molecular weight excluding hydrogens is 354 g/mol. The van der Waals surface area contributed by atoms with Gasteiger partial charge < -0.3 is 4.57 Å². The fourth-order valence-corrected chi connectivity index (χ4v) is 3.81. The van der Waals surface area contributed by atoms with E-state index in [0.29, 0.717) is 0 Å². The van der Waals surface area contributed by atoms with Crippen LogP contribution in [0.3, 0.4) is 0 Å². The number of benzene rings is 1. The molecule has 2 heteroatoms. The Labute approximate surface area is 177 Å². The van der Waals surface area contributed by atoms with Gasteiger partial charge in [-0.3, -0.25) is 4.79 Å². The van der Waals surface area contributed by atoms with Crippen molar-refractivity contribution in [3.05, 3.63) is 70.6 Å². The van der Waals surface area contributed by atoms with E-state index >= 15 is 0 Å². The second-order valence-electron chi connectivity index (χ2n) is 8.06. The highest BCUT2D eigenvalue weighted by Gasteiger charge is 2.05. The molecule has 0 aliphatic heterocycles. The normalized spacial score (nSPS) is 11.9. The fraction of sp³-hybridized carbons (Fsp3) is 0.519. The summed E-state index contributed by atoms with van der Waals surface area (Å²) in [6.45, 7) is 2.25. The molecule has 2 rings (SSSR count). The van der Waals surface area contributed by atoms with E-state index in [4.69, 9.17) is 0 Å². The number of para-hydroxylation sites is 1. The van der Waals surface area contributed by atoms with E-state index in [1.807, 2.05) is 30.3 Å². The van der Waals surface area contributed by atoms with Crippen LogP contribution >= 0.6 is 0 Å². The first kappa shape index (κ1) is 23.2. The second-order valence-corrected chi connectivity index (χ2v) is 8.06. The third-order valence-corrected chi connectivity index (χ3v) is 5.64. The number of hydrogen-bond acceptors (Lipinski definition) is 1. The van der Waals surface area contributed by atoms with Gasteiger partial charge in [0, 0.05) is 24.2 Å². The van der Waals surface area contributed by atoms with Gasteiger partial charge in [0.2, 0.25) is 0 Å². The van der Waals surface area contributed by atoms with Crippen LogP contribution in [-0.2, 0) is 13.5 Å². The fourth-order valence-electron chi connectivity index (χ4n) is 3.81. The highest BCUT2D eigenvalue weighted by molar-refractivity contribution is 5.79. The Bertz CT molecular complexity index is 828. The summed E-state index contributed by atoms with van der Waals surface area (Å²) in [6, 6.07) is 9.72. The highest BCUT2D eigenvalue weighted by atomic mass is 16.1. The lowest BCUT2D eigenvalue weighted by atomic mass is 10.1. The van der Waals surface area contributed by atoms with E-state index in [1.54, 1.807) is 0 Å². The molecule has 0 aliphatic rings.